The van der Waals surface area contributed by atoms with Crippen molar-refractivity contribution in [2.45, 2.75) is 39.0 Å². The molecule has 4 heteroatoms. The maximum Gasteiger partial charge on any atom is 0.266 e. The zero-order valence-electron chi connectivity index (χ0n) is 11.8. The molecule has 0 N–H and O–H groups in total. The van der Waals surface area contributed by atoms with E-state index in [9.17, 15) is 10.1 Å². The lowest BCUT2D eigenvalue weighted by Crippen LogP contribution is -2.37. The molecule has 0 bridgehead atoms. The summed E-state index contributed by atoms with van der Waals surface area (Å²) in [6.07, 6.45) is 7.39. The van der Waals surface area contributed by atoms with Crippen LogP contribution in [0.4, 0.5) is 0 Å². The topological polar surface area (TPSA) is 47.3 Å². The first-order chi connectivity index (χ1) is 9.20. The van der Waals surface area contributed by atoms with Crippen molar-refractivity contribution in [1.82, 2.24) is 9.80 Å². The lowest BCUT2D eigenvalue weighted by molar-refractivity contribution is -0.127. The Balaban J connectivity index is 1.98. The van der Waals surface area contributed by atoms with E-state index in [1.165, 1.54) is 6.42 Å². The Labute approximate surface area is 115 Å². The molecule has 2 aliphatic rings. The van der Waals surface area contributed by atoms with Gasteiger partial charge in [-0.3, -0.25) is 4.79 Å². The van der Waals surface area contributed by atoms with Crippen molar-refractivity contribution in [2.75, 3.05) is 26.2 Å². The Bertz CT molecular complexity index is 383. The fraction of sp³-hybridized carbons (Fsp3) is 0.733. The summed E-state index contributed by atoms with van der Waals surface area (Å²) in [5, 5.41) is 9.22. The van der Waals surface area contributed by atoms with Gasteiger partial charge in [0.2, 0.25) is 0 Å². The van der Waals surface area contributed by atoms with E-state index in [2.05, 4.69) is 17.9 Å². The van der Waals surface area contributed by atoms with Crippen molar-refractivity contribution < 1.29 is 4.79 Å². The Kier molecular flexibility index (Phi) is 4.84. The third-order valence-corrected chi connectivity index (χ3v) is 4.12. The molecule has 2 aliphatic heterocycles. The first-order valence-electron chi connectivity index (χ1n) is 7.36. The molecule has 0 radical (unpaired) electrons. The van der Waals surface area contributed by atoms with E-state index in [0.29, 0.717) is 5.57 Å². The molecule has 4 nitrogen and oxygen atoms in total. The van der Waals surface area contributed by atoms with Crippen molar-refractivity contribution in [1.29, 1.82) is 5.26 Å². The Morgan fingerprint density at radius 3 is 2.37 bits per heavy atom. The van der Waals surface area contributed by atoms with Gasteiger partial charge in [-0.15, -0.1) is 0 Å². The molecular weight excluding hydrogens is 238 g/mol. The van der Waals surface area contributed by atoms with Crippen molar-refractivity contribution in [3.8, 4) is 6.07 Å². The van der Waals surface area contributed by atoms with Gasteiger partial charge in [0, 0.05) is 32.4 Å². The predicted molar refractivity (Wildman–Crippen MR) is 74.1 cm³/mol. The lowest BCUT2D eigenvalue weighted by atomic mass is 9.99. The van der Waals surface area contributed by atoms with Crippen LogP contribution in [0.25, 0.3) is 0 Å². The molecule has 0 spiro atoms. The molecule has 0 aromatic heterocycles. The number of nitriles is 1. The van der Waals surface area contributed by atoms with Crippen LogP contribution in [-0.4, -0.2) is 41.9 Å². The molecule has 104 valence electrons. The van der Waals surface area contributed by atoms with Crippen molar-refractivity contribution in [3.05, 3.63) is 11.8 Å². The van der Waals surface area contributed by atoms with Gasteiger partial charge in [0.1, 0.15) is 11.6 Å². The smallest absolute Gasteiger partial charge is 0.266 e. The zero-order valence-corrected chi connectivity index (χ0v) is 11.8. The molecule has 0 aromatic rings. The number of piperidine rings is 2. The van der Waals surface area contributed by atoms with E-state index >= 15 is 0 Å². The zero-order chi connectivity index (χ0) is 13.7. The fourth-order valence-corrected chi connectivity index (χ4v) is 2.74. The summed E-state index contributed by atoms with van der Waals surface area (Å²) in [5.74, 6) is 0.675. The number of carbonyl (C=O) groups is 1. The molecule has 0 unspecified atom stereocenters. The van der Waals surface area contributed by atoms with E-state index in [1.807, 2.05) is 4.90 Å². The number of hydrogen-bond acceptors (Lipinski definition) is 3. The monoisotopic (exact) mass is 261 g/mol. The van der Waals surface area contributed by atoms with Crippen LogP contribution in [0.3, 0.4) is 0 Å². The molecule has 0 aliphatic carbocycles. The second-order valence-electron chi connectivity index (χ2n) is 5.73. The van der Waals surface area contributed by atoms with Crippen LogP contribution in [0, 0.1) is 17.2 Å². The number of hydrogen-bond donors (Lipinski definition) is 0. The SMILES string of the molecule is CC1CCN(/C=C(/C#N)C(=O)N2CCCCC2)CC1. The Hall–Kier alpha value is -1.50. The van der Waals surface area contributed by atoms with Crippen molar-refractivity contribution >= 4 is 5.91 Å². The van der Waals surface area contributed by atoms with E-state index in [4.69, 9.17) is 0 Å². The summed E-state index contributed by atoms with van der Waals surface area (Å²) in [6, 6.07) is 2.09. The Morgan fingerprint density at radius 1 is 1.16 bits per heavy atom. The molecule has 1 amide bonds. The number of rotatable bonds is 2. The maximum absolute atomic E-state index is 12.3. The minimum atomic E-state index is -0.0826. The average Bonchev–Trinajstić information content (AvgIpc) is 2.47. The van der Waals surface area contributed by atoms with Gasteiger partial charge in [0.25, 0.3) is 5.91 Å². The first kappa shape index (κ1) is 13.9. The predicted octanol–water partition coefficient (Wildman–Crippen LogP) is 2.14. The quantitative estimate of drug-likeness (QED) is 0.565. The third kappa shape index (κ3) is 3.73. The fourth-order valence-electron chi connectivity index (χ4n) is 2.74. The highest BCUT2D eigenvalue weighted by Gasteiger charge is 2.22. The second kappa shape index (κ2) is 6.60. The van der Waals surface area contributed by atoms with Gasteiger partial charge in [-0.25, -0.2) is 0 Å². The van der Waals surface area contributed by atoms with Crippen molar-refractivity contribution in [3.63, 3.8) is 0 Å². The van der Waals surface area contributed by atoms with Gasteiger partial charge in [0.05, 0.1) is 0 Å². The highest BCUT2D eigenvalue weighted by atomic mass is 16.2. The number of nitrogens with zero attached hydrogens (tertiary/aromatic N) is 3. The van der Waals surface area contributed by atoms with Gasteiger partial charge >= 0.3 is 0 Å². The maximum atomic E-state index is 12.3. The molecule has 2 fully saturated rings. The normalized spacial score (nSPS) is 22.2. The van der Waals surface area contributed by atoms with Gasteiger partial charge in [-0.05, 0) is 38.0 Å². The van der Waals surface area contributed by atoms with E-state index in [0.717, 1.165) is 57.8 Å². The minimum Gasteiger partial charge on any atom is -0.376 e. The molecule has 2 saturated heterocycles. The standard InChI is InChI=1S/C15H23N3O/c1-13-5-9-17(10-6-13)12-14(11-16)15(19)18-7-3-2-4-8-18/h12-13H,2-10H2,1H3/b14-12-. The summed E-state index contributed by atoms with van der Waals surface area (Å²) in [4.78, 5) is 16.2. The molecule has 2 rings (SSSR count). The van der Waals surface area contributed by atoms with Crippen LogP contribution < -0.4 is 0 Å². The summed E-state index contributed by atoms with van der Waals surface area (Å²) < 4.78 is 0. The summed E-state index contributed by atoms with van der Waals surface area (Å²) >= 11 is 0. The van der Waals surface area contributed by atoms with E-state index < -0.39 is 0 Å². The minimum absolute atomic E-state index is 0.0826. The summed E-state index contributed by atoms with van der Waals surface area (Å²) in [5.41, 5.74) is 0.302. The summed E-state index contributed by atoms with van der Waals surface area (Å²) in [6.45, 7) is 5.77. The summed E-state index contributed by atoms with van der Waals surface area (Å²) in [7, 11) is 0. The molecule has 0 saturated carbocycles. The van der Waals surface area contributed by atoms with Crippen LogP contribution >= 0.6 is 0 Å². The first-order valence-corrected chi connectivity index (χ1v) is 7.36. The Morgan fingerprint density at radius 2 is 1.79 bits per heavy atom. The van der Waals surface area contributed by atoms with Gasteiger partial charge in [-0.2, -0.15) is 5.26 Å². The highest BCUT2D eigenvalue weighted by molar-refractivity contribution is 5.97. The van der Waals surface area contributed by atoms with Crippen LogP contribution in [0.15, 0.2) is 11.8 Å². The van der Waals surface area contributed by atoms with Gasteiger partial charge < -0.3 is 9.80 Å². The molecule has 0 aromatic carbocycles. The van der Waals surface area contributed by atoms with Crippen LogP contribution in [0.1, 0.15) is 39.0 Å². The number of amides is 1. The van der Waals surface area contributed by atoms with E-state index in [-0.39, 0.29) is 5.91 Å². The van der Waals surface area contributed by atoms with E-state index in [1.54, 1.807) is 6.20 Å². The molecule has 0 atom stereocenters. The largest absolute Gasteiger partial charge is 0.376 e. The van der Waals surface area contributed by atoms with Crippen LogP contribution in [-0.2, 0) is 4.79 Å². The third-order valence-electron chi connectivity index (χ3n) is 4.12. The van der Waals surface area contributed by atoms with Crippen LogP contribution in [0.5, 0.6) is 0 Å². The van der Waals surface area contributed by atoms with Gasteiger partial charge in [-0.1, -0.05) is 6.92 Å². The lowest BCUT2D eigenvalue weighted by Gasteiger charge is -2.30. The van der Waals surface area contributed by atoms with Gasteiger partial charge in [0.15, 0.2) is 0 Å². The number of likely N-dealkylation sites (tertiary alicyclic amines) is 2. The van der Waals surface area contributed by atoms with Crippen LogP contribution in [0.2, 0.25) is 0 Å². The molecule has 2 heterocycles. The molecular formula is C15H23N3O. The highest BCUT2D eigenvalue weighted by Crippen LogP contribution is 2.18. The number of carbonyl (C=O) groups excluding carboxylic acids is 1. The molecule has 19 heavy (non-hydrogen) atoms. The average molecular weight is 261 g/mol. The van der Waals surface area contributed by atoms with Crippen molar-refractivity contribution in [2.24, 2.45) is 5.92 Å². The second-order valence-corrected chi connectivity index (χ2v) is 5.73.